The molecule has 0 spiro atoms. The first-order valence-electron chi connectivity index (χ1n) is 13.5. The van der Waals surface area contributed by atoms with Crippen LogP contribution >= 0.6 is 0 Å². The van der Waals surface area contributed by atoms with Crippen molar-refractivity contribution in [3.63, 3.8) is 0 Å². The molecule has 1 aliphatic rings. The van der Waals surface area contributed by atoms with Crippen LogP contribution in [-0.4, -0.2) is 64.0 Å². The van der Waals surface area contributed by atoms with Gasteiger partial charge in [-0.15, -0.1) is 0 Å². The molecule has 0 saturated carbocycles. The number of benzene rings is 3. The molecule has 42 heavy (non-hydrogen) atoms. The van der Waals surface area contributed by atoms with Gasteiger partial charge in [0.15, 0.2) is 0 Å². The Labute approximate surface area is 241 Å². The SMILES string of the molecule is Cc1cc(F)cc(-c2cnc3ccc(-c4cc(F)cc(CC(N)=O)c4)cc3c2C(=O)N(C)C[C@@H]2CCCN2C(=O)O)c1. The molecule has 0 aliphatic carbocycles. The van der Waals surface area contributed by atoms with E-state index in [1.807, 2.05) is 0 Å². The lowest BCUT2D eigenvalue weighted by Gasteiger charge is -2.28. The summed E-state index contributed by atoms with van der Waals surface area (Å²) in [6.07, 6.45) is 1.71. The van der Waals surface area contributed by atoms with Gasteiger partial charge in [0.1, 0.15) is 11.6 Å². The molecule has 0 radical (unpaired) electrons. The number of amides is 3. The van der Waals surface area contributed by atoms with Crippen LogP contribution in [-0.2, 0) is 11.2 Å². The third kappa shape index (κ3) is 5.93. The number of primary amides is 1. The van der Waals surface area contributed by atoms with Gasteiger partial charge in [-0.05, 0) is 84.0 Å². The van der Waals surface area contributed by atoms with E-state index in [4.69, 9.17) is 5.73 Å². The Morgan fingerprint density at radius 3 is 2.48 bits per heavy atom. The number of hydrogen-bond donors (Lipinski definition) is 2. The normalized spacial score (nSPS) is 14.8. The minimum atomic E-state index is -1.03. The van der Waals surface area contributed by atoms with Crippen molar-refractivity contribution in [2.75, 3.05) is 20.1 Å². The molecular weight excluding hydrogens is 542 g/mol. The minimum absolute atomic E-state index is 0.133. The summed E-state index contributed by atoms with van der Waals surface area (Å²) in [5, 5.41) is 10.1. The highest BCUT2D eigenvalue weighted by Gasteiger charge is 2.31. The molecule has 1 aliphatic heterocycles. The van der Waals surface area contributed by atoms with Crippen LogP contribution in [0.3, 0.4) is 0 Å². The number of likely N-dealkylation sites (N-methyl/N-ethyl adjacent to an activating group) is 1. The van der Waals surface area contributed by atoms with Crippen LogP contribution in [0.1, 0.15) is 34.3 Å². The van der Waals surface area contributed by atoms with Crippen molar-refractivity contribution >= 4 is 28.8 Å². The first kappa shape index (κ1) is 28.7. The number of halogens is 2. The molecule has 1 aromatic heterocycles. The van der Waals surface area contributed by atoms with Crippen molar-refractivity contribution in [1.82, 2.24) is 14.8 Å². The summed E-state index contributed by atoms with van der Waals surface area (Å²) >= 11 is 0. The zero-order valence-electron chi connectivity index (χ0n) is 23.2. The number of nitrogens with zero attached hydrogens (tertiary/aromatic N) is 3. The van der Waals surface area contributed by atoms with Gasteiger partial charge in [0.05, 0.1) is 23.5 Å². The number of pyridine rings is 1. The molecule has 1 atom stereocenters. The Hall–Kier alpha value is -4.86. The van der Waals surface area contributed by atoms with E-state index in [9.17, 15) is 28.3 Å². The Morgan fingerprint density at radius 1 is 1.02 bits per heavy atom. The minimum Gasteiger partial charge on any atom is -0.465 e. The molecule has 3 amide bonds. The molecule has 3 N–H and O–H groups in total. The fourth-order valence-electron chi connectivity index (χ4n) is 5.70. The van der Waals surface area contributed by atoms with E-state index in [2.05, 4.69) is 4.98 Å². The lowest BCUT2D eigenvalue weighted by Crippen LogP contribution is -2.43. The van der Waals surface area contributed by atoms with Gasteiger partial charge in [0, 0.05) is 37.3 Å². The van der Waals surface area contributed by atoms with Crippen molar-refractivity contribution in [2.45, 2.75) is 32.2 Å². The predicted molar refractivity (Wildman–Crippen MR) is 155 cm³/mol. The zero-order valence-corrected chi connectivity index (χ0v) is 23.2. The first-order valence-corrected chi connectivity index (χ1v) is 13.5. The van der Waals surface area contributed by atoms with Gasteiger partial charge in [-0.25, -0.2) is 13.6 Å². The largest absolute Gasteiger partial charge is 0.465 e. The molecule has 5 rings (SSSR count). The average molecular weight is 573 g/mol. The summed E-state index contributed by atoms with van der Waals surface area (Å²) in [5.74, 6) is -1.98. The average Bonchev–Trinajstić information content (AvgIpc) is 3.39. The highest BCUT2D eigenvalue weighted by atomic mass is 19.1. The molecule has 4 aromatic rings. The van der Waals surface area contributed by atoms with Crippen LogP contribution in [0.2, 0.25) is 0 Å². The molecule has 216 valence electrons. The summed E-state index contributed by atoms with van der Waals surface area (Å²) in [4.78, 5) is 44.8. The molecule has 1 fully saturated rings. The Balaban J connectivity index is 1.66. The second-order valence-corrected chi connectivity index (χ2v) is 10.7. The number of likely N-dealkylation sites (tertiary alicyclic amines) is 1. The number of fused-ring (bicyclic) bond motifs is 1. The van der Waals surface area contributed by atoms with Crippen molar-refractivity contribution in [3.05, 3.63) is 89.1 Å². The molecule has 0 bridgehead atoms. The van der Waals surface area contributed by atoms with E-state index < -0.39 is 23.6 Å². The van der Waals surface area contributed by atoms with E-state index in [1.165, 1.54) is 40.3 Å². The van der Waals surface area contributed by atoms with Crippen molar-refractivity contribution < 1.29 is 28.3 Å². The highest BCUT2D eigenvalue weighted by molar-refractivity contribution is 6.12. The molecule has 8 nitrogen and oxygen atoms in total. The van der Waals surface area contributed by atoms with Gasteiger partial charge in [-0.3, -0.25) is 14.6 Å². The molecule has 3 aromatic carbocycles. The summed E-state index contributed by atoms with van der Waals surface area (Å²) < 4.78 is 29.0. The number of carbonyl (C=O) groups is 3. The zero-order chi connectivity index (χ0) is 30.1. The van der Waals surface area contributed by atoms with Gasteiger partial charge in [-0.1, -0.05) is 18.2 Å². The highest BCUT2D eigenvalue weighted by Crippen LogP contribution is 2.34. The van der Waals surface area contributed by atoms with Crippen LogP contribution < -0.4 is 5.73 Å². The van der Waals surface area contributed by atoms with Crippen molar-refractivity contribution in [1.29, 1.82) is 0 Å². The molecule has 10 heteroatoms. The number of aryl methyl sites for hydroxylation is 1. The van der Waals surface area contributed by atoms with E-state index in [0.29, 0.717) is 63.7 Å². The van der Waals surface area contributed by atoms with Gasteiger partial charge in [-0.2, -0.15) is 0 Å². The Bertz CT molecular complexity index is 1700. The second kappa shape index (κ2) is 11.6. The topological polar surface area (TPSA) is 117 Å². The number of aromatic nitrogens is 1. The van der Waals surface area contributed by atoms with Crippen LogP contribution in [0.25, 0.3) is 33.2 Å². The fraction of sp³-hybridized carbons (Fsp3) is 0.250. The van der Waals surface area contributed by atoms with Gasteiger partial charge in [0.2, 0.25) is 5.91 Å². The van der Waals surface area contributed by atoms with Gasteiger partial charge in [0.25, 0.3) is 5.91 Å². The van der Waals surface area contributed by atoms with Gasteiger partial charge >= 0.3 is 6.09 Å². The molecule has 2 heterocycles. The van der Waals surface area contributed by atoms with E-state index in [1.54, 1.807) is 44.3 Å². The second-order valence-electron chi connectivity index (χ2n) is 10.7. The van der Waals surface area contributed by atoms with E-state index in [0.717, 1.165) is 0 Å². The lowest BCUT2D eigenvalue weighted by atomic mass is 9.93. The number of carboxylic acid groups (broad SMARTS) is 1. The lowest BCUT2D eigenvalue weighted by molar-refractivity contribution is -0.117. The van der Waals surface area contributed by atoms with E-state index >= 15 is 0 Å². The maximum atomic E-state index is 14.5. The number of rotatable bonds is 7. The number of nitrogens with two attached hydrogens (primary N) is 1. The van der Waals surface area contributed by atoms with Crippen LogP contribution in [0.15, 0.2) is 60.8 Å². The summed E-state index contributed by atoms with van der Waals surface area (Å²) in [6, 6.07) is 13.5. The third-order valence-corrected chi connectivity index (χ3v) is 7.56. The predicted octanol–water partition coefficient (Wildman–Crippen LogP) is 5.40. The van der Waals surface area contributed by atoms with Crippen molar-refractivity contribution in [3.8, 4) is 22.3 Å². The summed E-state index contributed by atoms with van der Waals surface area (Å²) in [7, 11) is 1.61. The van der Waals surface area contributed by atoms with Crippen LogP contribution in [0.5, 0.6) is 0 Å². The maximum Gasteiger partial charge on any atom is 0.407 e. The van der Waals surface area contributed by atoms with Gasteiger partial charge < -0.3 is 20.6 Å². The van der Waals surface area contributed by atoms with Crippen LogP contribution in [0, 0.1) is 18.6 Å². The molecule has 0 unspecified atom stereocenters. The standard InChI is InChI=1S/C32H30F2N4O4/c1-18-8-22(14-23(33)9-18)27-16-36-28-6-5-20(21-10-19(12-29(35)39)11-24(34)13-21)15-26(28)30(27)31(40)37(2)17-25-4-3-7-38(25)32(41)42/h5-6,8-11,13-16,25H,3-4,7,12,17H2,1-2H3,(H2,35,39)(H,41,42)/t25-/m0/s1. The summed E-state index contributed by atoms with van der Waals surface area (Å²) in [6.45, 7) is 2.33. The number of carbonyl (C=O) groups excluding carboxylic acids is 2. The summed E-state index contributed by atoms with van der Waals surface area (Å²) in [5.41, 5.74) is 9.09. The quantitative estimate of drug-likeness (QED) is 0.308. The smallest absolute Gasteiger partial charge is 0.407 e. The molecule has 1 saturated heterocycles. The monoisotopic (exact) mass is 572 g/mol. The Kier molecular flexibility index (Phi) is 7.89. The third-order valence-electron chi connectivity index (χ3n) is 7.56. The van der Waals surface area contributed by atoms with E-state index in [-0.39, 0.29) is 30.5 Å². The maximum absolute atomic E-state index is 14.5. The Morgan fingerprint density at radius 2 is 1.76 bits per heavy atom. The van der Waals surface area contributed by atoms with Crippen molar-refractivity contribution in [2.24, 2.45) is 5.73 Å². The molecular formula is C32H30F2N4O4. The number of hydrogen-bond acceptors (Lipinski definition) is 4. The first-order chi connectivity index (χ1) is 20.0. The fourth-order valence-corrected chi connectivity index (χ4v) is 5.70. The van der Waals surface area contributed by atoms with Crippen LogP contribution in [0.4, 0.5) is 13.6 Å².